The second-order valence-corrected chi connectivity index (χ2v) is 3.72. The summed E-state index contributed by atoms with van der Waals surface area (Å²) in [6.07, 6.45) is 0. The molecule has 1 aromatic rings. The number of hydrogen-bond donors (Lipinski definition) is 2. The Kier molecular flexibility index (Phi) is 4.51. The van der Waals surface area contributed by atoms with Crippen LogP contribution in [0.15, 0.2) is 18.2 Å². The second-order valence-electron chi connectivity index (χ2n) is 3.72. The average molecular weight is 231 g/mol. The highest BCUT2D eigenvalue weighted by Crippen LogP contribution is 2.17. The third kappa shape index (κ3) is 2.91. The predicted octanol–water partition coefficient (Wildman–Crippen LogP) is 1.79. The lowest BCUT2D eigenvalue weighted by atomic mass is 10.0. The van der Waals surface area contributed by atoms with Gasteiger partial charge in [0.25, 0.3) is 0 Å². The van der Waals surface area contributed by atoms with Crippen LogP contribution in [0.1, 0.15) is 17.2 Å². The van der Waals surface area contributed by atoms with E-state index >= 15 is 0 Å². The normalized spacial score (nSPS) is 20.8. The lowest BCUT2D eigenvalue weighted by molar-refractivity contribution is 0.429. The highest BCUT2D eigenvalue weighted by atomic mass is 35.5. The maximum Gasteiger partial charge on any atom is 0.126 e. The molecule has 4 heteroatoms. The van der Waals surface area contributed by atoms with E-state index in [0.29, 0.717) is 6.04 Å². The molecule has 0 aromatic heterocycles. The first-order chi connectivity index (χ1) is 6.77. The first-order valence-electron chi connectivity index (χ1n) is 4.97. The molecule has 2 rings (SSSR count). The summed E-state index contributed by atoms with van der Waals surface area (Å²) in [5.74, 6) is -0.127. The van der Waals surface area contributed by atoms with E-state index in [4.69, 9.17) is 0 Å². The standard InChI is InChI=1S/C11H15FN2.ClH/c1-8-6-9(2-3-10(8)12)11-7-13-4-5-14-11;/h2-3,6,11,13-14H,4-5,7H2,1H3;1H/t11-;/m1./s1. The minimum Gasteiger partial charge on any atom is -0.314 e. The molecule has 84 valence electrons. The number of hydrogen-bond acceptors (Lipinski definition) is 2. The number of rotatable bonds is 1. The Morgan fingerprint density at radius 1 is 1.33 bits per heavy atom. The first-order valence-corrected chi connectivity index (χ1v) is 4.97. The molecule has 1 aromatic carbocycles. The summed E-state index contributed by atoms with van der Waals surface area (Å²) in [6, 6.07) is 5.64. The van der Waals surface area contributed by atoms with Crippen molar-refractivity contribution < 1.29 is 4.39 Å². The van der Waals surface area contributed by atoms with Gasteiger partial charge < -0.3 is 10.6 Å². The molecule has 1 aliphatic rings. The van der Waals surface area contributed by atoms with Gasteiger partial charge in [0.15, 0.2) is 0 Å². The van der Waals surface area contributed by atoms with Crippen molar-refractivity contribution in [1.82, 2.24) is 10.6 Å². The molecule has 1 atom stereocenters. The first kappa shape index (κ1) is 12.4. The third-order valence-corrected chi connectivity index (χ3v) is 2.63. The number of halogens is 2. The van der Waals surface area contributed by atoms with Gasteiger partial charge in [0.1, 0.15) is 5.82 Å². The minimum absolute atomic E-state index is 0. The quantitative estimate of drug-likeness (QED) is 0.769. The highest BCUT2D eigenvalue weighted by molar-refractivity contribution is 5.85. The fourth-order valence-corrected chi connectivity index (χ4v) is 1.77. The zero-order valence-corrected chi connectivity index (χ0v) is 9.53. The van der Waals surface area contributed by atoms with Crippen LogP contribution in [0.2, 0.25) is 0 Å². The summed E-state index contributed by atoms with van der Waals surface area (Å²) in [7, 11) is 0. The summed E-state index contributed by atoms with van der Waals surface area (Å²) >= 11 is 0. The Hall–Kier alpha value is -0.640. The second kappa shape index (κ2) is 5.45. The molecule has 0 radical (unpaired) electrons. The van der Waals surface area contributed by atoms with Crippen LogP contribution in [0.3, 0.4) is 0 Å². The molecule has 0 unspecified atom stereocenters. The average Bonchev–Trinajstić information content (AvgIpc) is 2.23. The Bertz CT molecular complexity index is 324. The summed E-state index contributed by atoms with van der Waals surface area (Å²) in [5, 5.41) is 6.71. The minimum atomic E-state index is -0.127. The third-order valence-electron chi connectivity index (χ3n) is 2.63. The summed E-state index contributed by atoms with van der Waals surface area (Å²) in [5.41, 5.74) is 1.88. The van der Waals surface area contributed by atoms with Gasteiger partial charge in [-0.3, -0.25) is 0 Å². The van der Waals surface area contributed by atoms with Gasteiger partial charge in [-0.15, -0.1) is 12.4 Å². The lowest BCUT2D eigenvalue weighted by Gasteiger charge is -2.25. The summed E-state index contributed by atoms with van der Waals surface area (Å²) < 4.78 is 13.0. The van der Waals surface area contributed by atoms with Crippen LogP contribution >= 0.6 is 12.4 Å². The predicted molar refractivity (Wildman–Crippen MR) is 62.0 cm³/mol. The van der Waals surface area contributed by atoms with E-state index in [2.05, 4.69) is 10.6 Å². The summed E-state index contributed by atoms with van der Waals surface area (Å²) in [4.78, 5) is 0. The van der Waals surface area contributed by atoms with E-state index in [0.717, 1.165) is 30.8 Å². The van der Waals surface area contributed by atoms with Gasteiger partial charge in [-0.25, -0.2) is 4.39 Å². The molecule has 0 aliphatic carbocycles. The molecule has 2 nitrogen and oxygen atoms in total. The molecular formula is C11H16ClFN2. The maximum absolute atomic E-state index is 13.0. The molecule has 0 spiro atoms. The van der Waals surface area contributed by atoms with Crippen molar-refractivity contribution in [2.45, 2.75) is 13.0 Å². The van der Waals surface area contributed by atoms with Crippen molar-refractivity contribution >= 4 is 12.4 Å². The smallest absolute Gasteiger partial charge is 0.126 e. The molecule has 0 saturated carbocycles. The molecule has 0 amide bonds. The lowest BCUT2D eigenvalue weighted by Crippen LogP contribution is -2.42. The Morgan fingerprint density at radius 2 is 2.13 bits per heavy atom. The molecule has 2 N–H and O–H groups in total. The largest absolute Gasteiger partial charge is 0.314 e. The topological polar surface area (TPSA) is 24.1 Å². The van der Waals surface area contributed by atoms with Crippen LogP contribution in [-0.2, 0) is 0 Å². The molecule has 0 bridgehead atoms. The fourth-order valence-electron chi connectivity index (χ4n) is 1.77. The molecular weight excluding hydrogens is 215 g/mol. The van der Waals surface area contributed by atoms with Gasteiger partial charge >= 0.3 is 0 Å². The van der Waals surface area contributed by atoms with Crippen molar-refractivity contribution in [2.24, 2.45) is 0 Å². The van der Waals surface area contributed by atoms with Crippen molar-refractivity contribution in [1.29, 1.82) is 0 Å². The monoisotopic (exact) mass is 230 g/mol. The zero-order valence-electron chi connectivity index (χ0n) is 8.72. The number of aryl methyl sites for hydroxylation is 1. The van der Waals surface area contributed by atoms with E-state index < -0.39 is 0 Å². The van der Waals surface area contributed by atoms with Gasteiger partial charge in [-0.05, 0) is 24.1 Å². The Labute approximate surface area is 95.7 Å². The van der Waals surface area contributed by atoms with Crippen LogP contribution < -0.4 is 10.6 Å². The molecule has 1 fully saturated rings. The van der Waals surface area contributed by atoms with Crippen molar-refractivity contribution in [3.8, 4) is 0 Å². The van der Waals surface area contributed by atoms with Gasteiger partial charge in [-0.1, -0.05) is 12.1 Å². The maximum atomic E-state index is 13.0. The van der Waals surface area contributed by atoms with Crippen LogP contribution in [-0.4, -0.2) is 19.6 Å². The molecule has 1 saturated heterocycles. The van der Waals surface area contributed by atoms with Gasteiger partial charge in [0.05, 0.1) is 0 Å². The van der Waals surface area contributed by atoms with E-state index in [1.807, 2.05) is 12.1 Å². The fraction of sp³-hybridized carbons (Fsp3) is 0.455. The molecule has 15 heavy (non-hydrogen) atoms. The number of benzene rings is 1. The van der Waals surface area contributed by atoms with Crippen LogP contribution in [0, 0.1) is 12.7 Å². The molecule has 1 heterocycles. The van der Waals surface area contributed by atoms with Crippen molar-refractivity contribution in [3.63, 3.8) is 0 Å². The number of nitrogens with one attached hydrogen (secondary N) is 2. The van der Waals surface area contributed by atoms with Crippen molar-refractivity contribution in [3.05, 3.63) is 35.1 Å². The van der Waals surface area contributed by atoms with E-state index in [9.17, 15) is 4.39 Å². The van der Waals surface area contributed by atoms with E-state index in [1.165, 1.54) is 0 Å². The van der Waals surface area contributed by atoms with Crippen molar-refractivity contribution in [2.75, 3.05) is 19.6 Å². The van der Waals surface area contributed by atoms with Crippen LogP contribution in [0.5, 0.6) is 0 Å². The van der Waals surface area contributed by atoms with Crippen LogP contribution in [0.25, 0.3) is 0 Å². The van der Waals surface area contributed by atoms with Crippen LogP contribution in [0.4, 0.5) is 4.39 Å². The SMILES string of the molecule is Cc1cc([C@H]2CNCCN2)ccc1F.Cl. The Morgan fingerprint density at radius 3 is 2.73 bits per heavy atom. The number of piperazine rings is 1. The van der Waals surface area contributed by atoms with Gasteiger partial charge in [0.2, 0.25) is 0 Å². The zero-order chi connectivity index (χ0) is 9.97. The van der Waals surface area contributed by atoms with E-state index in [-0.39, 0.29) is 18.2 Å². The van der Waals surface area contributed by atoms with E-state index in [1.54, 1.807) is 13.0 Å². The highest BCUT2D eigenvalue weighted by Gasteiger charge is 2.14. The Balaban J connectivity index is 0.00000112. The summed E-state index contributed by atoms with van der Waals surface area (Å²) in [6.45, 7) is 4.71. The van der Waals surface area contributed by atoms with Gasteiger partial charge in [-0.2, -0.15) is 0 Å². The van der Waals surface area contributed by atoms with Gasteiger partial charge in [0, 0.05) is 25.7 Å². The molecule has 1 aliphatic heterocycles.